The van der Waals surface area contributed by atoms with Gasteiger partial charge in [0, 0.05) is 34.3 Å². The number of H-pyrrole nitrogens is 2. The Morgan fingerprint density at radius 3 is 2.09 bits per heavy atom. The average molecular weight is 912 g/mol. The summed E-state index contributed by atoms with van der Waals surface area (Å²) in [5, 5.41) is 0. The van der Waals surface area contributed by atoms with Crippen LogP contribution < -0.4 is 19.9 Å². The van der Waals surface area contributed by atoms with Gasteiger partial charge in [-0.3, -0.25) is 19.2 Å². The minimum Gasteiger partial charge on any atom is -0.657 e. The Labute approximate surface area is 409 Å². The van der Waals surface area contributed by atoms with Gasteiger partial charge in [-0.2, -0.15) is 0 Å². The van der Waals surface area contributed by atoms with Crippen LogP contribution in [0.4, 0.5) is 0 Å². The van der Waals surface area contributed by atoms with E-state index < -0.39 is 11.9 Å². The first kappa shape index (κ1) is 52.6. The van der Waals surface area contributed by atoms with Crippen LogP contribution in [0.15, 0.2) is 29.8 Å². The van der Waals surface area contributed by atoms with Gasteiger partial charge in [0.05, 0.1) is 18.9 Å². The molecule has 10 nitrogen and oxygen atoms in total. The van der Waals surface area contributed by atoms with Gasteiger partial charge < -0.3 is 19.4 Å². The van der Waals surface area contributed by atoms with Crippen molar-refractivity contribution in [2.45, 2.75) is 171 Å². The Hall–Kier alpha value is -4.35. The predicted molar refractivity (Wildman–Crippen MR) is 263 cm³/mol. The van der Waals surface area contributed by atoms with Crippen LogP contribution in [0.2, 0.25) is 0 Å². The second kappa shape index (κ2) is 23.1. The molecule has 5 heterocycles. The molecular formula is C55H74MgN4O6+2. The first-order valence-electron chi connectivity index (χ1n) is 24.4. The van der Waals surface area contributed by atoms with Crippen LogP contribution in [0.25, 0.3) is 33.2 Å². The van der Waals surface area contributed by atoms with Gasteiger partial charge >= 0.3 is 35.0 Å². The average Bonchev–Trinajstić information content (AvgIpc) is 4.00. The number of aryl methyl sites for hydroxylation is 2. The molecule has 0 amide bonds. The van der Waals surface area contributed by atoms with E-state index in [2.05, 4.69) is 65.4 Å². The molecule has 5 unspecified atom stereocenters. The fourth-order valence-electron chi connectivity index (χ4n) is 10.4. The summed E-state index contributed by atoms with van der Waals surface area (Å²) in [5.74, 6) is -0.808. The van der Waals surface area contributed by atoms with E-state index in [9.17, 15) is 19.2 Å². The number of ether oxygens (including phenoxy) is 2. The van der Waals surface area contributed by atoms with E-state index in [4.69, 9.17) is 19.4 Å². The van der Waals surface area contributed by atoms with Gasteiger partial charge in [0.15, 0.2) is 23.0 Å². The van der Waals surface area contributed by atoms with Crippen molar-refractivity contribution in [3.8, 4) is 0 Å². The molecule has 0 saturated carbocycles. The maximum absolute atomic E-state index is 14.4. The summed E-state index contributed by atoms with van der Waals surface area (Å²) in [6.45, 7) is 23.3. The van der Waals surface area contributed by atoms with Crippen LogP contribution in [0.5, 0.6) is 0 Å². The van der Waals surface area contributed by atoms with E-state index in [1.165, 1.54) is 57.6 Å². The summed E-state index contributed by atoms with van der Waals surface area (Å²) in [6.07, 6.45) is 14.5. The Morgan fingerprint density at radius 1 is 0.818 bits per heavy atom. The third kappa shape index (κ3) is 11.7. The Morgan fingerprint density at radius 2 is 1.45 bits per heavy atom. The molecule has 6 rings (SSSR count). The number of aromatic nitrogens is 4. The van der Waals surface area contributed by atoms with Crippen molar-refractivity contribution in [1.29, 1.82) is 0 Å². The molecule has 5 atom stereocenters. The number of hydrogen-bond acceptors (Lipinski definition) is 6. The number of carbonyl (C=O) groups is 4. The second-order valence-electron chi connectivity index (χ2n) is 19.9. The SMILES string of the molecule is CCC1=C(C)c2cc3[n-]c(cc4[nH+]c(c5c6[n-]c(cc1[nH+]2)c(C)c6C(=O)C5C(=O)OC)C(CCC(=O)OCC=C(C)CCCC(C)CCCC(C)CCCC(C)C)C4C)c(C)c3C(C)=O.[Mg+2]. The van der Waals surface area contributed by atoms with Crippen LogP contribution in [-0.2, 0) is 19.1 Å². The molecule has 3 aromatic heterocycles. The van der Waals surface area contributed by atoms with Crippen LogP contribution in [-0.4, -0.2) is 60.3 Å². The number of nitrogens with one attached hydrogen (secondary N) is 2. The van der Waals surface area contributed by atoms with Gasteiger partial charge in [-0.15, -0.1) is 22.1 Å². The Kier molecular flexibility index (Phi) is 18.4. The zero-order chi connectivity index (χ0) is 47.3. The third-order valence-corrected chi connectivity index (χ3v) is 14.5. The van der Waals surface area contributed by atoms with Gasteiger partial charge in [0.25, 0.3) is 0 Å². The number of esters is 2. The van der Waals surface area contributed by atoms with Crippen LogP contribution in [0.1, 0.15) is 217 Å². The van der Waals surface area contributed by atoms with E-state index in [1.54, 1.807) is 6.92 Å². The van der Waals surface area contributed by atoms with Crippen molar-refractivity contribution in [2.75, 3.05) is 13.7 Å². The number of allylic oxidation sites excluding steroid dienone is 3. The van der Waals surface area contributed by atoms with Gasteiger partial charge in [0.1, 0.15) is 12.5 Å². The molecule has 350 valence electrons. The van der Waals surface area contributed by atoms with Gasteiger partial charge in [0.2, 0.25) is 11.4 Å². The molecule has 0 radical (unpaired) electrons. The summed E-state index contributed by atoms with van der Waals surface area (Å²) in [6, 6.07) is 5.86. The quantitative estimate of drug-likeness (QED) is 0.0358. The number of methoxy groups -OCH3 is 1. The van der Waals surface area contributed by atoms with E-state index >= 15 is 0 Å². The molecule has 3 aliphatic rings. The van der Waals surface area contributed by atoms with E-state index in [0.29, 0.717) is 62.4 Å². The van der Waals surface area contributed by atoms with E-state index in [0.717, 1.165) is 64.9 Å². The number of Topliss-reactive ketones (excluding diaryl/α,β-unsaturated/α-hetero) is 2. The molecule has 0 spiro atoms. The standard InChI is InChI=1S/C55H73N4O6.Mg/c1-13-39-34(7)41-29-46-48(38(11)60)36(9)43(57-46)27-42-35(8)40(52(58-42)50-51(55(63)64-12)54(62)49-37(10)44(59-53(49)50)28-45(39)56-41)23-24-47(61)65-26-25-33(6)22-16-21-32(5)20-15-19-31(4)18-14-17-30(2)3;/h25,27-32,35,40,51H,13-24,26H2,1-12H3,(H-,56,57,58,59,60,62);/q-1;+2/p+1. The molecule has 3 aromatic rings. The number of hydrogen-bond donors (Lipinski definition) is 0. The Bertz CT molecular complexity index is 2540. The summed E-state index contributed by atoms with van der Waals surface area (Å²) < 4.78 is 11.1. The molecule has 11 heteroatoms. The molecular weight excluding hydrogens is 837 g/mol. The number of fused-ring (bicyclic) bond motifs is 8. The summed E-state index contributed by atoms with van der Waals surface area (Å²) >= 11 is 0. The largest absolute Gasteiger partial charge is 2.00 e. The summed E-state index contributed by atoms with van der Waals surface area (Å²) in [7, 11) is 1.29. The smallest absolute Gasteiger partial charge is 0.657 e. The maximum Gasteiger partial charge on any atom is 2.00 e. The third-order valence-electron chi connectivity index (χ3n) is 14.5. The number of rotatable bonds is 20. The molecule has 8 bridgehead atoms. The van der Waals surface area contributed by atoms with Gasteiger partial charge in [-0.05, 0) is 102 Å². The van der Waals surface area contributed by atoms with Crippen molar-refractivity contribution in [3.63, 3.8) is 0 Å². The van der Waals surface area contributed by atoms with Crippen molar-refractivity contribution >= 4 is 79.8 Å². The summed E-state index contributed by atoms with van der Waals surface area (Å²) in [5.41, 5.74) is 11.7. The number of nitrogens with zero attached hydrogens (tertiary/aromatic N) is 2. The van der Waals surface area contributed by atoms with Crippen LogP contribution in [0, 0.1) is 31.6 Å². The molecule has 0 aromatic carbocycles. The van der Waals surface area contributed by atoms with Crippen LogP contribution >= 0.6 is 0 Å². The zero-order valence-electron chi connectivity index (χ0n) is 42.0. The molecule has 2 N–H and O–H groups in total. The van der Waals surface area contributed by atoms with Gasteiger partial charge in [-0.25, -0.2) is 9.97 Å². The molecule has 0 saturated heterocycles. The monoisotopic (exact) mass is 911 g/mol. The minimum absolute atomic E-state index is 0. The first-order valence-corrected chi connectivity index (χ1v) is 24.4. The topological polar surface area (TPSA) is 143 Å². The first-order chi connectivity index (χ1) is 30.9. The number of aromatic amines is 2. The summed E-state index contributed by atoms with van der Waals surface area (Å²) in [4.78, 5) is 71.9. The molecule has 66 heavy (non-hydrogen) atoms. The van der Waals surface area contributed by atoms with E-state index in [-0.39, 0.29) is 65.5 Å². The van der Waals surface area contributed by atoms with Gasteiger partial charge in [-0.1, -0.05) is 103 Å². The normalized spacial score (nSPS) is 17.9. The predicted octanol–water partition coefficient (Wildman–Crippen LogP) is 11.2. The van der Waals surface area contributed by atoms with Crippen LogP contribution in [0.3, 0.4) is 0 Å². The molecule has 0 fully saturated rings. The van der Waals surface area contributed by atoms with Crippen molar-refractivity contribution in [1.82, 2.24) is 9.97 Å². The van der Waals surface area contributed by atoms with E-state index in [1.807, 2.05) is 38.1 Å². The number of carbonyl (C=O) groups excluding carboxylic acids is 4. The molecule has 2 aliphatic heterocycles. The maximum atomic E-state index is 14.4. The van der Waals surface area contributed by atoms with Crippen molar-refractivity contribution in [2.24, 2.45) is 17.8 Å². The zero-order valence-corrected chi connectivity index (χ0v) is 43.4. The fraction of sp³-hybridized carbons (Fsp3) is 0.564. The second-order valence-corrected chi connectivity index (χ2v) is 19.9. The molecule has 1 aliphatic carbocycles. The Balaban J connectivity index is 0.00000817. The minimum atomic E-state index is -1.22. The number of ketones is 2. The van der Waals surface area contributed by atoms with Crippen molar-refractivity contribution in [3.05, 3.63) is 80.4 Å². The van der Waals surface area contributed by atoms with Crippen molar-refractivity contribution < 1.29 is 38.6 Å². The fourth-order valence-corrected chi connectivity index (χ4v) is 10.4.